The molecule has 0 amide bonds. The molecular formula is C13H25NO2. The SMILES string of the molecule is CC(C)(C)OCCCN1CC2(CCOC2)C1. The number of likely N-dealkylation sites (tertiary alicyclic amines) is 1. The van der Waals surface area contributed by atoms with Gasteiger partial charge in [-0.3, -0.25) is 0 Å². The van der Waals surface area contributed by atoms with Gasteiger partial charge in [-0.05, 0) is 33.6 Å². The van der Waals surface area contributed by atoms with Gasteiger partial charge in [0, 0.05) is 38.3 Å². The van der Waals surface area contributed by atoms with Gasteiger partial charge in [0.2, 0.25) is 0 Å². The summed E-state index contributed by atoms with van der Waals surface area (Å²) in [6.45, 7) is 12.8. The molecule has 0 unspecified atom stereocenters. The molecule has 0 aliphatic carbocycles. The molecule has 2 rings (SSSR count). The van der Waals surface area contributed by atoms with Crippen LogP contribution in [0.15, 0.2) is 0 Å². The van der Waals surface area contributed by atoms with Gasteiger partial charge in [-0.2, -0.15) is 0 Å². The largest absolute Gasteiger partial charge is 0.381 e. The maximum atomic E-state index is 5.71. The minimum absolute atomic E-state index is 0.00939. The second kappa shape index (κ2) is 4.63. The van der Waals surface area contributed by atoms with Crippen molar-refractivity contribution in [2.75, 3.05) is 39.5 Å². The van der Waals surface area contributed by atoms with Crippen molar-refractivity contribution in [2.45, 2.75) is 39.2 Å². The number of hydrogen-bond donors (Lipinski definition) is 0. The third kappa shape index (κ3) is 3.19. The van der Waals surface area contributed by atoms with Crippen molar-refractivity contribution in [3.05, 3.63) is 0 Å². The second-order valence-electron chi connectivity index (χ2n) is 6.33. The Morgan fingerprint density at radius 1 is 1.31 bits per heavy atom. The van der Waals surface area contributed by atoms with Gasteiger partial charge in [0.05, 0.1) is 12.2 Å². The molecule has 2 saturated heterocycles. The normalized spacial score (nSPS) is 24.9. The minimum atomic E-state index is 0.00939. The van der Waals surface area contributed by atoms with E-state index in [1.807, 2.05) is 0 Å². The van der Waals surface area contributed by atoms with Crippen LogP contribution in [0.4, 0.5) is 0 Å². The van der Waals surface area contributed by atoms with Crippen LogP contribution < -0.4 is 0 Å². The third-order valence-electron chi connectivity index (χ3n) is 3.46. The smallest absolute Gasteiger partial charge is 0.0598 e. The summed E-state index contributed by atoms with van der Waals surface area (Å²) in [5.74, 6) is 0. The molecule has 0 radical (unpaired) electrons. The van der Waals surface area contributed by atoms with Crippen molar-refractivity contribution in [3.63, 3.8) is 0 Å². The van der Waals surface area contributed by atoms with Crippen LogP contribution in [-0.4, -0.2) is 50.0 Å². The van der Waals surface area contributed by atoms with Crippen LogP contribution in [0, 0.1) is 5.41 Å². The van der Waals surface area contributed by atoms with Gasteiger partial charge in [-0.15, -0.1) is 0 Å². The van der Waals surface area contributed by atoms with E-state index < -0.39 is 0 Å². The molecule has 0 N–H and O–H groups in total. The van der Waals surface area contributed by atoms with E-state index in [1.54, 1.807) is 0 Å². The van der Waals surface area contributed by atoms with Gasteiger partial charge in [0.1, 0.15) is 0 Å². The Kier molecular flexibility index (Phi) is 3.57. The van der Waals surface area contributed by atoms with E-state index in [0.717, 1.165) is 26.2 Å². The summed E-state index contributed by atoms with van der Waals surface area (Å²) in [7, 11) is 0. The van der Waals surface area contributed by atoms with Crippen molar-refractivity contribution in [2.24, 2.45) is 5.41 Å². The highest BCUT2D eigenvalue weighted by atomic mass is 16.5. The standard InChI is InChI=1S/C13H25NO2/c1-12(2,3)16-7-4-6-14-9-13(10-14)5-8-15-11-13/h4-11H2,1-3H3. The number of nitrogens with zero attached hydrogens (tertiary/aromatic N) is 1. The van der Waals surface area contributed by atoms with Gasteiger partial charge >= 0.3 is 0 Å². The predicted molar refractivity (Wildman–Crippen MR) is 64.6 cm³/mol. The summed E-state index contributed by atoms with van der Waals surface area (Å²) >= 11 is 0. The molecule has 0 aromatic rings. The molecule has 2 aliphatic heterocycles. The molecule has 0 saturated carbocycles. The average molecular weight is 227 g/mol. The molecule has 1 spiro atoms. The first-order valence-electron chi connectivity index (χ1n) is 6.43. The minimum Gasteiger partial charge on any atom is -0.381 e. The summed E-state index contributed by atoms with van der Waals surface area (Å²) in [5.41, 5.74) is 0.542. The summed E-state index contributed by atoms with van der Waals surface area (Å²) in [6.07, 6.45) is 2.41. The van der Waals surface area contributed by atoms with Crippen LogP contribution in [0.3, 0.4) is 0 Å². The van der Waals surface area contributed by atoms with E-state index in [-0.39, 0.29) is 5.60 Å². The first-order valence-corrected chi connectivity index (χ1v) is 6.43. The van der Waals surface area contributed by atoms with Crippen LogP contribution in [0.2, 0.25) is 0 Å². The van der Waals surface area contributed by atoms with Crippen molar-refractivity contribution in [1.82, 2.24) is 4.90 Å². The quantitative estimate of drug-likeness (QED) is 0.685. The Hall–Kier alpha value is -0.120. The lowest BCUT2D eigenvalue weighted by atomic mass is 9.79. The first kappa shape index (κ1) is 12.3. The Morgan fingerprint density at radius 2 is 2.06 bits per heavy atom. The van der Waals surface area contributed by atoms with Crippen LogP contribution in [-0.2, 0) is 9.47 Å². The predicted octanol–water partition coefficient (Wildman–Crippen LogP) is 1.91. The monoisotopic (exact) mass is 227 g/mol. The highest BCUT2D eigenvalue weighted by Crippen LogP contribution is 2.37. The Bertz CT molecular complexity index is 221. The number of hydrogen-bond acceptors (Lipinski definition) is 3. The molecule has 94 valence electrons. The third-order valence-corrected chi connectivity index (χ3v) is 3.46. The molecule has 0 bridgehead atoms. The summed E-state index contributed by atoms with van der Waals surface area (Å²) in [6, 6.07) is 0. The highest BCUT2D eigenvalue weighted by molar-refractivity contribution is 4.97. The fourth-order valence-corrected chi connectivity index (χ4v) is 2.63. The van der Waals surface area contributed by atoms with Crippen molar-refractivity contribution >= 4 is 0 Å². The second-order valence-corrected chi connectivity index (χ2v) is 6.33. The van der Waals surface area contributed by atoms with Crippen LogP contribution in [0.5, 0.6) is 0 Å². The summed E-state index contributed by atoms with van der Waals surface area (Å²) < 4.78 is 11.2. The number of ether oxygens (including phenoxy) is 2. The molecule has 16 heavy (non-hydrogen) atoms. The topological polar surface area (TPSA) is 21.7 Å². The molecule has 3 nitrogen and oxygen atoms in total. The molecular weight excluding hydrogens is 202 g/mol. The van der Waals surface area contributed by atoms with E-state index >= 15 is 0 Å². The molecule has 2 aliphatic rings. The van der Waals surface area contributed by atoms with Crippen molar-refractivity contribution < 1.29 is 9.47 Å². The van der Waals surface area contributed by atoms with Crippen LogP contribution in [0.1, 0.15) is 33.6 Å². The lowest BCUT2D eigenvalue weighted by Gasteiger charge is -2.47. The highest BCUT2D eigenvalue weighted by Gasteiger charge is 2.45. The van der Waals surface area contributed by atoms with Crippen molar-refractivity contribution in [3.8, 4) is 0 Å². The molecule has 2 fully saturated rings. The maximum Gasteiger partial charge on any atom is 0.0598 e. The zero-order valence-corrected chi connectivity index (χ0v) is 10.9. The molecule has 0 aromatic carbocycles. The summed E-state index contributed by atoms with van der Waals surface area (Å²) in [4.78, 5) is 2.53. The van der Waals surface area contributed by atoms with E-state index in [1.165, 1.54) is 26.1 Å². The Morgan fingerprint density at radius 3 is 2.62 bits per heavy atom. The average Bonchev–Trinajstić information content (AvgIpc) is 2.57. The molecule has 2 heterocycles. The van der Waals surface area contributed by atoms with Gasteiger partial charge in [0.15, 0.2) is 0 Å². The number of rotatable bonds is 4. The van der Waals surface area contributed by atoms with E-state index in [2.05, 4.69) is 25.7 Å². The van der Waals surface area contributed by atoms with Crippen LogP contribution in [0.25, 0.3) is 0 Å². The maximum absolute atomic E-state index is 5.71. The van der Waals surface area contributed by atoms with Gasteiger partial charge in [-0.25, -0.2) is 0 Å². The molecule has 3 heteroatoms. The Balaban J connectivity index is 1.53. The van der Waals surface area contributed by atoms with Crippen molar-refractivity contribution in [1.29, 1.82) is 0 Å². The van der Waals surface area contributed by atoms with E-state index in [9.17, 15) is 0 Å². The Labute approximate surface area is 99.1 Å². The first-order chi connectivity index (χ1) is 7.49. The van der Waals surface area contributed by atoms with Crippen LogP contribution >= 0.6 is 0 Å². The fourth-order valence-electron chi connectivity index (χ4n) is 2.63. The molecule has 0 aromatic heterocycles. The fraction of sp³-hybridized carbons (Fsp3) is 1.00. The van der Waals surface area contributed by atoms with Gasteiger partial charge in [0.25, 0.3) is 0 Å². The van der Waals surface area contributed by atoms with Gasteiger partial charge in [-0.1, -0.05) is 0 Å². The van der Waals surface area contributed by atoms with Gasteiger partial charge < -0.3 is 14.4 Å². The summed E-state index contributed by atoms with van der Waals surface area (Å²) in [5, 5.41) is 0. The zero-order valence-electron chi connectivity index (χ0n) is 10.9. The lowest BCUT2D eigenvalue weighted by Crippen LogP contribution is -2.56. The molecule has 0 atom stereocenters. The van der Waals surface area contributed by atoms with E-state index in [4.69, 9.17) is 9.47 Å². The zero-order chi connectivity index (χ0) is 11.6. The lowest BCUT2D eigenvalue weighted by molar-refractivity contribution is -0.0310. The van der Waals surface area contributed by atoms with E-state index in [0.29, 0.717) is 5.41 Å².